The van der Waals surface area contributed by atoms with Crippen molar-refractivity contribution in [1.82, 2.24) is 0 Å². The molecule has 0 aromatic carbocycles. The highest BCUT2D eigenvalue weighted by Crippen LogP contribution is 2.47. The van der Waals surface area contributed by atoms with Gasteiger partial charge in [0, 0.05) is 0 Å². The lowest BCUT2D eigenvalue weighted by molar-refractivity contribution is -0.149. The summed E-state index contributed by atoms with van der Waals surface area (Å²) >= 11 is 0. The maximum Gasteiger partial charge on any atom is 0.306 e. The number of carboxylic acid groups (broad SMARTS) is 1. The summed E-state index contributed by atoms with van der Waals surface area (Å²) in [6.07, 6.45) is 1.80. The Hall–Kier alpha value is -0.600. The molecule has 1 rings (SSSR count). The quantitative estimate of drug-likeness (QED) is 0.684. The Labute approximate surface area is 65.4 Å². The number of rotatable bonds is 3. The molecule has 0 radical (unpaired) electrons. The zero-order valence-electron chi connectivity index (χ0n) is 6.64. The van der Waals surface area contributed by atoms with Gasteiger partial charge in [0.2, 0.25) is 0 Å². The van der Waals surface area contributed by atoms with Gasteiger partial charge in [0.1, 0.15) is 0 Å². The maximum absolute atomic E-state index is 11.9. The molecule has 1 aliphatic rings. The van der Waals surface area contributed by atoms with Gasteiger partial charge in [0.25, 0.3) is 0 Å². The summed E-state index contributed by atoms with van der Waals surface area (Å²) in [6.45, 7) is 1.62. The summed E-state index contributed by atoms with van der Waals surface area (Å²) < 4.78 is 11.9. The van der Waals surface area contributed by atoms with Crippen LogP contribution >= 0.6 is 0 Å². The standard InChI is InChI=1S/C8H13FO2/c1-8(2-3-9)4-6(5-8)7(10)11/h6H,2-5H2,1H3,(H,10,11). The van der Waals surface area contributed by atoms with Crippen molar-refractivity contribution in [2.45, 2.75) is 26.2 Å². The first-order chi connectivity index (χ1) is 5.07. The van der Waals surface area contributed by atoms with Crippen LogP contribution in [0.25, 0.3) is 0 Å². The predicted octanol–water partition coefficient (Wildman–Crippen LogP) is 1.85. The van der Waals surface area contributed by atoms with E-state index in [1.807, 2.05) is 6.92 Å². The minimum absolute atomic E-state index is 0.0300. The molecule has 0 heterocycles. The Balaban J connectivity index is 2.31. The van der Waals surface area contributed by atoms with Crippen LogP contribution in [0.5, 0.6) is 0 Å². The van der Waals surface area contributed by atoms with E-state index in [0.29, 0.717) is 19.3 Å². The van der Waals surface area contributed by atoms with E-state index in [-0.39, 0.29) is 18.0 Å². The van der Waals surface area contributed by atoms with Gasteiger partial charge in [-0.3, -0.25) is 9.18 Å². The fraction of sp³-hybridized carbons (Fsp3) is 0.875. The average molecular weight is 160 g/mol. The molecule has 0 amide bonds. The van der Waals surface area contributed by atoms with E-state index in [2.05, 4.69) is 0 Å². The summed E-state index contributed by atoms with van der Waals surface area (Å²) in [5, 5.41) is 8.54. The van der Waals surface area contributed by atoms with Crippen molar-refractivity contribution in [2.24, 2.45) is 11.3 Å². The lowest BCUT2D eigenvalue weighted by Crippen LogP contribution is -2.39. The summed E-state index contributed by atoms with van der Waals surface area (Å²) in [5.74, 6) is -0.951. The second-order valence-electron chi connectivity index (χ2n) is 3.69. The van der Waals surface area contributed by atoms with Crippen LogP contribution in [-0.4, -0.2) is 17.8 Å². The van der Waals surface area contributed by atoms with E-state index < -0.39 is 5.97 Å². The Morgan fingerprint density at radius 3 is 2.64 bits per heavy atom. The van der Waals surface area contributed by atoms with Crippen molar-refractivity contribution < 1.29 is 14.3 Å². The molecular formula is C8H13FO2. The maximum atomic E-state index is 11.9. The monoisotopic (exact) mass is 160 g/mol. The molecule has 3 heteroatoms. The lowest BCUT2D eigenvalue weighted by Gasteiger charge is -2.42. The molecule has 1 N–H and O–H groups in total. The van der Waals surface area contributed by atoms with Crippen LogP contribution in [-0.2, 0) is 4.79 Å². The van der Waals surface area contributed by atoms with Gasteiger partial charge in [0.05, 0.1) is 12.6 Å². The van der Waals surface area contributed by atoms with Crippen LogP contribution < -0.4 is 0 Å². The molecule has 1 aliphatic carbocycles. The smallest absolute Gasteiger partial charge is 0.306 e. The third kappa shape index (κ3) is 1.70. The minimum Gasteiger partial charge on any atom is -0.481 e. The molecule has 0 spiro atoms. The van der Waals surface area contributed by atoms with Crippen molar-refractivity contribution in [3.8, 4) is 0 Å². The Kier molecular flexibility index (Phi) is 2.16. The SMILES string of the molecule is CC1(CCF)CC(C(=O)O)C1. The second-order valence-corrected chi connectivity index (χ2v) is 3.69. The zero-order chi connectivity index (χ0) is 8.48. The number of hydrogen-bond donors (Lipinski definition) is 1. The minimum atomic E-state index is -0.735. The molecular weight excluding hydrogens is 147 g/mol. The molecule has 0 bridgehead atoms. The molecule has 0 aromatic rings. The highest BCUT2D eigenvalue weighted by atomic mass is 19.1. The van der Waals surface area contributed by atoms with Crippen LogP contribution in [0.4, 0.5) is 4.39 Å². The third-order valence-corrected chi connectivity index (χ3v) is 2.53. The van der Waals surface area contributed by atoms with Crippen LogP contribution in [0.3, 0.4) is 0 Å². The first kappa shape index (κ1) is 8.50. The van der Waals surface area contributed by atoms with Crippen molar-refractivity contribution in [1.29, 1.82) is 0 Å². The number of carbonyl (C=O) groups is 1. The van der Waals surface area contributed by atoms with Gasteiger partial charge in [-0.25, -0.2) is 0 Å². The predicted molar refractivity (Wildman–Crippen MR) is 39.1 cm³/mol. The van der Waals surface area contributed by atoms with Gasteiger partial charge >= 0.3 is 5.97 Å². The molecule has 1 fully saturated rings. The zero-order valence-corrected chi connectivity index (χ0v) is 6.64. The van der Waals surface area contributed by atoms with Gasteiger partial charge in [-0.1, -0.05) is 6.92 Å². The Morgan fingerprint density at radius 2 is 2.27 bits per heavy atom. The van der Waals surface area contributed by atoms with Gasteiger partial charge < -0.3 is 5.11 Å². The number of aliphatic carboxylic acids is 1. The number of carboxylic acids is 1. The molecule has 0 unspecified atom stereocenters. The van der Waals surface area contributed by atoms with Crippen molar-refractivity contribution in [3.05, 3.63) is 0 Å². The highest BCUT2D eigenvalue weighted by Gasteiger charge is 2.43. The van der Waals surface area contributed by atoms with Gasteiger partial charge in [-0.15, -0.1) is 0 Å². The van der Waals surface area contributed by atoms with E-state index in [9.17, 15) is 9.18 Å². The molecule has 1 saturated carbocycles. The van der Waals surface area contributed by atoms with Crippen molar-refractivity contribution in [2.75, 3.05) is 6.67 Å². The van der Waals surface area contributed by atoms with Gasteiger partial charge in [-0.05, 0) is 24.7 Å². The molecule has 64 valence electrons. The molecule has 0 saturated heterocycles. The van der Waals surface area contributed by atoms with Gasteiger partial charge in [0.15, 0.2) is 0 Å². The Morgan fingerprint density at radius 1 is 1.73 bits per heavy atom. The van der Waals surface area contributed by atoms with E-state index in [0.717, 1.165) is 0 Å². The van der Waals surface area contributed by atoms with Crippen LogP contribution in [0.1, 0.15) is 26.2 Å². The normalized spacial score (nSPS) is 36.4. The van der Waals surface area contributed by atoms with E-state index in [4.69, 9.17) is 5.11 Å². The fourth-order valence-electron chi connectivity index (χ4n) is 1.74. The first-order valence-electron chi connectivity index (χ1n) is 3.86. The molecule has 0 atom stereocenters. The Bertz CT molecular complexity index is 161. The summed E-state index contributed by atoms with van der Waals surface area (Å²) in [5.41, 5.74) is -0.0300. The van der Waals surface area contributed by atoms with Crippen LogP contribution in [0, 0.1) is 11.3 Å². The molecule has 0 aromatic heterocycles. The molecule has 0 aliphatic heterocycles. The van der Waals surface area contributed by atoms with Gasteiger partial charge in [-0.2, -0.15) is 0 Å². The number of hydrogen-bond acceptors (Lipinski definition) is 1. The van der Waals surface area contributed by atoms with E-state index in [1.54, 1.807) is 0 Å². The van der Waals surface area contributed by atoms with Crippen LogP contribution in [0.15, 0.2) is 0 Å². The average Bonchev–Trinajstić information content (AvgIpc) is 1.82. The topological polar surface area (TPSA) is 37.3 Å². The number of halogens is 1. The summed E-state index contributed by atoms with van der Waals surface area (Å²) in [6, 6.07) is 0. The van der Waals surface area contributed by atoms with Crippen molar-refractivity contribution in [3.63, 3.8) is 0 Å². The fourth-order valence-corrected chi connectivity index (χ4v) is 1.74. The van der Waals surface area contributed by atoms with E-state index >= 15 is 0 Å². The number of alkyl halides is 1. The molecule has 2 nitrogen and oxygen atoms in total. The largest absolute Gasteiger partial charge is 0.481 e. The summed E-state index contributed by atoms with van der Waals surface area (Å²) in [4.78, 5) is 10.4. The highest BCUT2D eigenvalue weighted by molar-refractivity contribution is 5.71. The van der Waals surface area contributed by atoms with Crippen molar-refractivity contribution >= 4 is 5.97 Å². The summed E-state index contributed by atoms with van der Waals surface area (Å²) in [7, 11) is 0. The van der Waals surface area contributed by atoms with E-state index in [1.165, 1.54) is 0 Å². The first-order valence-corrected chi connectivity index (χ1v) is 3.86. The third-order valence-electron chi connectivity index (χ3n) is 2.53. The molecule has 11 heavy (non-hydrogen) atoms. The second kappa shape index (κ2) is 2.80. The lowest BCUT2D eigenvalue weighted by atomic mass is 9.62. The van der Waals surface area contributed by atoms with Crippen LogP contribution in [0.2, 0.25) is 0 Å².